The molecule has 1 amide bonds. The minimum Gasteiger partial charge on any atom is -0.370 e. The molecule has 0 unspecified atom stereocenters. The van der Waals surface area contributed by atoms with E-state index in [0.29, 0.717) is 12.1 Å². The van der Waals surface area contributed by atoms with Crippen molar-refractivity contribution in [3.8, 4) is 0 Å². The van der Waals surface area contributed by atoms with E-state index >= 15 is 0 Å². The van der Waals surface area contributed by atoms with Gasteiger partial charge in [0.1, 0.15) is 5.82 Å². The summed E-state index contributed by atoms with van der Waals surface area (Å²) in [6.45, 7) is 3.54. The van der Waals surface area contributed by atoms with Crippen molar-refractivity contribution in [1.29, 1.82) is 0 Å². The normalized spacial score (nSPS) is 10.2. The summed E-state index contributed by atoms with van der Waals surface area (Å²) in [7, 11) is 1.81. The van der Waals surface area contributed by atoms with E-state index in [-0.39, 0.29) is 5.91 Å². The highest BCUT2D eigenvalue weighted by molar-refractivity contribution is 5.94. The topological polar surface area (TPSA) is 45.2 Å². The van der Waals surface area contributed by atoms with Crippen LogP contribution in [0.2, 0.25) is 0 Å². The zero-order chi connectivity index (χ0) is 15.1. The van der Waals surface area contributed by atoms with Crippen molar-refractivity contribution in [3.63, 3.8) is 0 Å². The van der Waals surface area contributed by atoms with Crippen LogP contribution in [0.25, 0.3) is 0 Å². The minimum atomic E-state index is 0.000742. The second kappa shape index (κ2) is 7.43. The first kappa shape index (κ1) is 15.0. The molecule has 1 N–H and O–H groups in total. The van der Waals surface area contributed by atoms with Crippen molar-refractivity contribution in [2.75, 3.05) is 18.9 Å². The number of rotatable bonds is 6. The van der Waals surface area contributed by atoms with Gasteiger partial charge in [-0.05, 0) is 24.1 Å². The summed E-state index contributed by atoms with van der Waals surface area (Å²) in [5.41, 5.74) is 1.77. The number of amides is 1. The average Bonchev–Trinajstić information content (AvgIpc) is 2.53. The van der Waals surface area contributed by atoms with Crippen LogP contribution in [-0.4, -0.2) is 29.4 Å². The van der Waals surface area contributed by atoms with Crippen LogP contribution in [0.3, 0.4) is 0 Å². The Bertz CT molecular complexity index is 584. The Labute approximate surface area is 125 Å². The molecule has 1 heterocycles. The zero-order valence-corrected chi connectivity index (χ0v) is 12.5. The van der Waals surface area contributed by atoms with Crippen LogP contribution in [0.1, 0.15) is 29.3 Å². The summed E-state index contributed by atoms with van der Waals surface area (Å²) in [5, 5.41) is 3.20. The first-order valence-electron chi connectivity index (χ1n) is 7.20. The Kier molecular flexibility index (Phi) is 5.32. The van der Waals surface area contributed by atoms with Crippen molar-refractivity contribution < 1.29 is 4.79 Å². The van der Waals surface area contributed by atoms with Crippen LogP contribution in [0.4, 0.5) is 5.82 Å². The molecular weight excluding hydrogens is 262 g/mol. The van der Waals surface area contributed by atoms with E-state index in [9.17, 15) is 4.79 Å². The van der Waals surface area contributed by atoms with Gasteiger partial charge < -0.3 is 10.2 Å². The summed E-state index contributed by atoms with van der Waals surface area (Å²) in [5.74, 6) is 0.747. The van der Waals surface area contributed by atoms with Crippen LogP contribution >= 0.6 is 0 Å². The third kappa shape index (κ3) is 4.31. The number of carbonyl (C=O) groups is 1. The Morgan fingerprint density at radius 3 is 2.71 bits per heavy atom. The first-order valence-corrected chi connectivity index (χ1v) is 7.20. The van der Waals surface area contributed by atoms with Gasteiger partial charge in [0.25, 0.3) is 5.91 Å². The number of nitrogens with zero attached hydrogens (tertiary/aromatic N) is 2. The molecule has 4 nitrogen and oxygen atoms in total. The quantitative estimate of drug-likeness (QED) is 0.885. The Morgan fingerprint density at radius 1 is 1.24 bits per heavy atom. The molecule has 4 heteroatoms. The van der Waals surface area contributed by atoms with Crippen molar-refractivity contribution >= 4 is 11.7 Å². The SMILES string of the molecule is CCCNc1cc(C(=O)N(C)Cc2ccccc2)ccn1. The monoisotopic (exact) mass is 283 g/mol. The molecule has 2 aromatic rings. The van der Waals surface area contributed by atoms with E-state index in [1.165, 1.54) is 0 Å². The Balaban J connectivity index is 2.05. The summed E-state index contributed by atoms with van der Waals surface area (Å²) < 4.78 is 0. The van der Waals surface area contributed by atoms with Gasteiger partial charge >= 0.3 is 0 Å². The highest BCUT2D eigenvalue weighted by atomic mass is 16.2. The van der Waals surface area contributed by atoms with Gasteiger partial charge in [-0.3, -0.25) is 4.79 Å². The number of pyridine rings is 1. The second-order valence-electron chi connectivity index (χ2n) is 5.00. The summed E-state index contributed by atoms with van der Waals surface area (Å²) >= 11 is 0. The lowest BCUT2D eigenvalue weighted by Crippen LogP contribution is -2.26. The lowest BCUT2D eigenvalue weighted by molar-refractivity contribution is 0.0785. The van der Waals surface area contributed by atoms with Crippen molar-refractivity contribution in [3.05, 3.63) is 59.8 Å². The maximum atomic E-state index is 12.4. The van der Waals surface area contributed by atoms with Crippen molar-refractivity contribution in [1.82, 2.24) is 9.88 Å². The fourth-order valence-electron chi connectivity index (χ4n) is 2.06. The molecule has 110 valence electrons. The molecule has 0 aliphatic carbocycles. The Hall–Kier alpha value is -2.36. The maximum Gasteiger partial charge on any atom is 0.254 e. The van der Waals surface area contributed by atoms with E-state index < -0.39 is 0 Å². The molecule has 0 atom stereocenters. The van der Waals surface area contributed by atoms with Gasteiger partial charge in [-0.15, -0.1) is 0 Å². The molecule has 0 aliphatic rings. The van der Waals surface area contributed by atoms with E-state index in [0.717, 1.165) is 24.3 Å². The van der Waals surface area contributed by atoms with Gasteiger partial charge in [-0.25, -0.2) is 4.98 Å². The van der Waals surface area contributed by atoms with E-state index in [1.54, 1.807) is 23.2 Å². The van der Waals surface area contributed by atoms with Gasteiger partial charge in [0.2, 0.25) is 0 Å². The van der Waals surface area contributed by atoms with Gasteiger partial charge in [0.15, 0.2) is 0 Å². The minimum absolute atomic E-state index is 0.000742. The van der Waals surface area contributed by atoms with Crippen LogP contribution in [0.15, 0.2) is 48.7 Å². The molecular formula is C17H21N3O. The number of nitrogens with one attached hydrogen (secondary N) is 1. The van der Waals surface area contributed by atoms with Crippen molar-refractivity contribution in [2.24, 2.45) is 0 Å². The molecule has 1 aromatic heterocycles. The molecule has 0 fully saturated rings. The lowest BCUT2D eigenvalue weighted by atomic mass is 10.2. The predicted octanol–water partition coefficient (Wildman–Crippen LogP) is 3.18. The molecule has 2 rings (SSSR count). The predicted molar refractivity (Wildman–Crippen MR) is 85.3 cm³/mol. The summed E-state index contributed by atoms with van der Waals surface area (Å²) in [4.78, 5) is 18.4. The van der Waals surface area contributed by atoms with E-state index in [4.69, 9.17) is 0 Å². The number of anilines is 1. The maximum absolute atomic E-state index is 12.4. The van der Waals surface area contributed by atoms with Gasteiger partial charge in [0.05, 0.1) is 0 Å². The molecule has 0 saturated carbocycles. The molecule has 0 saturated heterocycles. The lowest BCUT2D eigenvalue weighted by Gasteiger charge is -2.17. The van der Waals surface area contributed by atoms with E-state index in [1.807, 2.05) is 37.4 Å². The zero-order valence-electron chi connectivity index (χ0n) is 12.5. The molecule has 0 spiro atoms. The molecule has 0 bridgehead atoms. The van der Waals surface area contributed by atoms with Crippen LogP contribution in [0, 0.1) is 0 Å². The van der Waals surface area contributed by atoms with Crippen LogP contribution in [-0.2, 0) is 6.54 Å². The number of hydrogen-bond acceptors (Lipinski definition) is 3. The third-order valence-corrected chi connectivity index (χ3v) is 3.17. The molecule has 0 aliphatic heterocycles. The van der Waals surface area contributed by atoms with Crippen LogP contribution in [0.5, 0.6) is 0 Å². The van der Waals surface area contributed by atoms with E-state index in [2.05, 4.69) is 17.2 Å². The molecule has 21 heavy (non-hydrogen) atoms. The smallest absolute Gasteiger partial charge is 0.254 e. The number of benzene rings is 1. The largest absolute Gasteiger partial charge is 0.370 e. The third-order valence-electron chi connectivity index (χ3n) is 3.17. The summed E-state index contributed by atoms with van der Waals surface area (Å²) in [6.07, 6.45) is 2.69. The van der Waals surface area contributed by atoms with Crippen LogP contribution < -0.4 is 5.32 Å². The second-order valence-corrected chi connectivity index (χ2v) is 5.00. The standard InChI is InChI=1S/C17H21N3O/c1-3-10-18-16-12-15(9-11-19-16)17(21)20(2)13-14-7-5-4-6-8-14/h4-9,11-12H,3,10,13H2,1-2H3,(H,18,19). The number of hydrogen-bond donors (Lipinski definition) is 1. The first-order chi connectivity index (χ1) is 10.2. The Morgan fingerprint density at radius 2 is 2.00 bits per heavy atom. The van der Waals surface area contributed by atoms with Gasteiger partial charge in [0, 0.05) is 31.9 Å². The summed E-state index contributed by atoms with van der Waals surface area (Å²) in [6, 6.07) is 13.5. The highest BCUT2D eigenvalue weighted by Crippen LogP contribution is 2.11. The molecule has 1 aromatic carbocycles. The number of carbonyl (C=O) groups excluding carboxylic acids is 1. The number of aromatic nitrogens is 1. The average molecular weight is 283 g/mol. The van der Waals surface area contributed by atoms with Gasteiger partial charge in [-0.1, -0.05) is 37.3 Å². The molecule has 0 radical (unpaired) electrons. The van der Waals surface area contributed by atoms with Gasteiger partial charge in [-0.2, -0.15) is 0 Å². The van der Waals surface area contributed by atoms with Crippen molar-refractivity contribution in [2.45, 2.75) is 19.9 Å². The fraction of sp³-hybridized carbons (Fsp3) is 0.294. The fourth-order valence-corrected chi connectivity index (χ4v) is 2.06. The highest BCUT2D eigenvalue weighted by Gasteiger charge is 2.12.